The number of rotatable bonds is 5. The second-order valence-corrected chi connectivity index (χ2v) is 4.74. The first-order chi connectivity index (χ1) is 10.1. The van der Waals surface area contributed by atoms with Gasteiger partial charge in [0.25, 0.3) is 5.91 Å². The maximum absolute atomic E-state index is 12.0. The van der Waals surface area contributed by atoms with Crippen LogP contribution < -0.4 is 5.32 Å². The molecule has 5 heteroatoms. The smallest absolute Gasteiger partial charge is 0.289 e. The van der Waals surface area contributed by atoms with Gasteiger partial charge in [-0.2, -0.15) is 0 Å². The predicted octanol–water partition coefficient (Wildman–Crippen LogP) is 2.55. The lowest BCUT2D eigenvalue weighted by Gasteiger charge is -2.15. The van der Waals surface area contributed by atoms with E-state index in [1.807, 2.05) is 24.3 Å². The molecule has 0 aliphatic carbocycles. The molecule has 1 heterocycles. The van der Waals surface area contributed by atoms with Gasteiger partial charge in [-0.25, -0.2) is 0 Å². The SMILES string of the molecule is CCc1cccc(NC(=O)CN(C)C(=O)c2ccco2)c1. The molecular formula is C16H18N2O3. The Bertz CT molecular complexity index is 620. The molecule has 110 valence electrons. The summed E-state index contributed by atoms with van der Waals surface area (Å²) in [4.78, 5) is 25.2. The van der Waals surface area contributed by atoms with E-state index in [9.17, 15) is 9.59 Å². The van der Waals surface area contributed by atoms with Gasteiger partial charge in [0.1, 0.15) is 0 Å². The normalized spacial score (nSPS) is 10.2. The molecule has 0 fully saturated rings. The monoisotopic (exact) mass is 286 g/mol. The molecule has 2 aromatic rings. The number of carbonyl (C=O) groups is 2. The largest absolute Gasteiger partial charge is 0.459 e. The fourth-order valence-corrected chi connectivity index (χ4v) is 1.95. The number of hydrogen-bond donors (Lipinski definition) is 1. The van der Waals surface area contributed by atoms with Crippen LogP contribution in [0.15, 0.2) is 47.1 Å². The first-order valence-corrected chi connectivity index (χ1v) is 6.78. The molecule has 0 spiro atoms. The van der Waals surface area contributed by atoms with E-state index in [1.54, 1.807) is 19.2 Å². The summed E-state index contributed by atoms with van der Waals surface area (Å²) in [6.07, 6.45) is 2.33. The summed E-state index contributed by atoms with van der Waals surface area (Å²) in [6, 6.07) is 10.9. The van der Waals surface area contributed by atoms with Crippen molar-refractivity contribution in [3.8, 4) is 0 Å². The Morgan fingerprint density at radius 3 is 2.71 bits per heavy atom. The maximum atomic E-state index is 12.0. The highest BCUT2D eigenvalue weighted by Crippen LogP contribution is 2.11. The molecule has 0 atom stereocenters. The van der Waals surface area contributed by atoms with Gasteiger partial charge < -0.3 is 14.6 Å². The topological polar surface area (TPSA) is 62.6 Å². The van der Waals surface area contributed by atoms with Gasteiger partial charge in [0.2, 0.25) is 5.91 Å². The first kappa shape index (κ1) is 14.8. The van der Waals surface area contributed by atoms with Crippen molar-refractivity contribution in [2.24, 2.45) is 0 Å². The van der Waals surface area contributed by atoms with Crippen molar-refractivity contribution >= 4 is 17.5 Å². The van der Waals surface area contributed by atoms with Crippen LogP contribution >= 0.6 is 0 Å². The molecule has 1 N–H and O–H groups in total. The minimum Gasteiger partial charge on any atom is -0.459 e. The summed E-state index contributed by atoms with van der Waals surface area (Å²) >= 11 is 0. The van der Waals surface area contributed by atoms with Gasteiger partial charge in [-0.05, 0) is 36.2 Å². The van der Waals surface area contributed by atoms with Crippen LogP contribution in [0.3, 0.4) is 0 Å². The van der Waals surface area contributed by atoms with Gasteiger partial charge in [0.05, 0.1) is 12.8 Å². The van der Waals surface area contributed by atoms with Crippen LogP contribution in [0.4, 0.5) is 5.69 Å². The molecule has 0 saturated carbocycles. The lowest BCUT2D eigenvalue weighted by atomic mass is 10.1. The molecule has 1 aromatic heterocycles. The summed E-state index contributed by atoms with van der Waals surface area (Å²) in [5.74, 6) is -0.346. The zero-order chi connectivity index (χ0) is 15.2. The predicted molar refractivity (Wildman–Crippen MR) is 80.1 cm³/mol. The van der Waals surface area contributed by atoms with E-state index in [4.69, 9.17) is 4.42 Å². The molecule has 0 aliphatic heterocycles. The molecule has 21 heavy (non-hydrogen) atoms. The number of carbonyl (C=O) groups excluding carboxylic acids is 2. The highest BCUT2D eigenvalue weighted by atomic mass is 16.3. The van der Waals surface area contributed by atoms with Gasteiger partial charge in [0.15, 0.2) is 5.76 Å². The van der Waals surface area contributed by atoms with E-state index >= 15 is 0 Å². The Morgan fingerprint density at radius 2 is 2.05 bits per heavy atom. The number of benzene rings is 1. The molecule has 2 rings (SSSR count). The van der Waals surface area contributed by atoms with Crippen molar-refractivity contribution in [1.29, 1.82) is 0 Å². The fourth-order valence-electron chi connectivity index (χ4n) is 1.95. The molecule has 0 saturated heterocycles. The van der Waals surface area contributed by atoms with Crippen LogP contribution in [0.5, 0.6) is 0 Å². The minimum atomic E-state index is -0.322. The number of anilines is 1. The van der Waals surface area contributed by atoms with Crippen molar-refractivity contribution in [2.75, 3.05) is 18.9 Å². The van der Waals surface area contributed by atoms with E-state index in [0.29, 0.717) is 0 Å². The van der Waals surface area contributed by atoms with Gasteiger partial charge >= 0.3 is 0 Å². The number of nitrogens with one attached hydrogen (secondary N) is 1. The summed E-state index contributed by atoms with van der Waals surface area (Å²) in [5, 5.41) is 2.78. The third-order valence-corrected chi connectivity index (χ3v) is 3.08. The van der Waals surface area contributed by atoms with Crippen molar-refractivity contribution in [1.82, 2.24) is 4.90 Å². The number of amides is 2. The molecule has 0 unspecified atom stereocenters. The van der Waals surface area contributed by atoms with Crippen LogP contribution in [0.25, 0.3) is 0 Å². The molecule has 0 aliphatic rings. The van der Waals surface area contributed by atoms with E-state index in [0.717, 1.165) is 17.7 Å². The Labute approximate surface area is 123 Å². The van der Waals surface area contributed by atoms with Gasteiger partial charge in [-0.1, -0.05) is 19.1 Å². The van der Waals surface area contributed by atoms with Crippen LogP contribution in [0, 0.1) is 0 Å². The second kappa shape index (κ2) is 6.74. The summed E-state index contributed by atoms with van der Waals surface area (Å²) in [7, 11) is 1.56. The number of hydrogen-bond acceptors (Lipinski definition) is 3. The highest BCUT2D eigenvalue weighted by Gasteiger charge is 2.17. The van der Waals surface area contributed by atoms with Crippen molar-refractivity contribution < 1.29 is 14.0 Å². The third kappa shape index (κ3) is 3.95. The average Bonchev–Trinajstić information content (AvgIpc) is 3.00. The number of aryl methyl sites for hydroxylation is 1. The Morgan fingerprint density at radius 1 is 1.24 bits per heavy atom. The molecule has 2 amide bonds. The molecular weight excluding hydrogens is 268 g/mol. The standard InChI is InChI=1S/C16H18N2O3/c1-3-12-6-4-7-13(10-12)17-15(19)11-18(2)16(20)14-8-5-9-21-14/h4-10H,3,11H2,1-2H3,(H,17,19). The van der Waals surface area contributed by atoms with Crippen LogP contribution in [0.1, 0.15) is 23.0 Å². The lowest BCUT2D eigenvalue weighted by molar-refractivity contribution is -0.116. The first-order valence-electron chi connectivity index (χ1n) is 6.78. The third-order valence-electron chi connectivity index (χ3n) is 3.08. The van der Waals surface area contributed by atoms with E-state index in [2.05, 4.69) is 12.2 Å². The Balaban J connectivity index is 1.93. The summed E-state index contributed by atoms with van der Waals surface area (Å²) < 4.78 is 5.02. The lowest BCUT2D eigenvalue weighted by Crippen LogP contribution is -2.34. The molecule has 0 bridgehead atoms. The maximum Gasteiger partial charge on any atom is 0.289 e. The fraction of sp³-hybridized carbons (Fsp3) is 0.250. The van der Waals surface area contributed by atoms with E-state index < -0.39 is 0 Å². The molecule has 1 aromatic carbocycles. The zero-order valence-electron chi connectivity index (χ0n) is 12.1. The van der Waals surface area contributed by atoms with Crippen LogP contribution in [-0.2, 0) is 11.2 Å². The van der Waals surface area contributed by atoms with Gasteiger partial charge in [-0.15, -0.1) is 0 Å². The van der Waals surface area contributed by atoms with Crippen LogP contribution in [-0.4, -0.2) is 30.3 Å². The number of likely N-dealkylation sites (N-methyl/N-ethyl adjacent to an activating group) is 1. The van der Waals surface area contributed by atoms with E-state index in [1.165, 1.54) is 11.2 Å². The van der Waals surface area contributed by atoms with Crippen molar-refractivity contribution in [3.05, 3.63) is 54.0 Å². The van der Waals surface area contributed by atoms with Crippen molar-refractivity contribution in [2.45, 2.75) is 13.3 Å². The number of nitrogens with zero attached hydrogens (tertiary/aromatic N) is 1. The van der Waals surface area contributed by atoms with E-state index in [-0.39, 0.29) is 24.1 Å². The van der Waals surface area contributed by atoms with Crippen molar-refractivity contribution in [3.63, 3.8) is 0 Å². The van der Waals surface area contributed by atoms with Gasteiger partial charge in [-0.3, -0.25) is 9.59 Å². The van der Waals surface area contributed by atoms with Gasteiger partial charge in [0, 0.05) is 12.7 Å². The number of furan rings is 1. The summed E-state index contributed by atoms with van der Waals surface area (Å²) in [6.45, 7) is 2.02. The second-order valence-electron chi connectivity index (χ2n) is 4.74. The Hall–Kier alpha value is -2.56. The Kier molecular flexibility index (Phi) is 4.77. The zero-order valence-corrected chi connectivity index (χ0v) is 12.1. The average molecular weight is 286 g/mol. The molecule has 5 nitrogen and oxygen atoms in total. The minimum absolute atomic E-state index is 0.0319. The van der Waals surface area contributed by atoms with Crippen LogP contribution in [0.2, 0.25) is 0 Å². The quantitative estimate of drug-likeness (QED) is 0.918. The summed E-state index contributed by atoms with van der Waals surface area (Å²) in [5.41, 5.74) is 1.88. The molecule has 0 radical (unpaired) electrons. The highest BCUT2D eigenvalue weighted by molar-refractivity contribution is 5.97.